The standard InChI is InChI=1S/C29H34N2O11S3/c1-19-11-12-20(44(37,38)39)15-22(19)29(4,17-27(32)33)25(30-5)9-7-6-8-10-26-28(2,3)23-16-21(45(40,41)42)13-14-24(23)31(26)18-43(34,35)36/h6-16H,17-18H2,1-5H3,(H,32,33)(H,34,35,36)(H,37,38,39)(H,40,41,42)/b8-6+,9-7+,26-10-,30-25?. The number of carboxylic acids is 1. The Morgan fingerprint density at radius 1 is 0.933 bits per heavy atom. The summed E-state index contributed by atoms with van der Waals surface area (Å²) in [6.07, 6.45) is 7.26. The van der Waals surface area contributed by atoms with Crippen LogP contribution in [0.2, 0.25) is 0 Å². The number of anilines is 1. The van der Waals surface area contributed by atoms with E-state index in [0.29, 0.717) is 28.1 Å². The highest BCUT2D eigenvalue weighted by Crippen LogP contribution is 2.48. The van der Waals surface area contributed by atoms with Crippen LogP contribution in [0.4, 0.5) is 5.69 Å². The Balaban J connectivity index is 2.05. The summed E-state index contributed by atoms with van der Waals surface area (Å²) in [7, 11) is -12.2. The van der Waals surface area contributed by atoms with Gasteiger partial charge in [-0.3, -0.25) is 23.4 Å². The number of hydrogen-bond acceptors (Lipinski definition) is 9. The van der Waals surface area contributed by atoms with E-state index in [2.05, 4.69) is 4.99 Å². The first-order valence-electron chi connectivity index (χ1n) is 13.2. The Bertz CT molecular complexity index is 1980. The third-order valence-electron chi connectivity index (χ3n) is 7.60. The first-order valence-corrected chi connectivity index (χ1v) is 17.7. The van der Waals surface area contributed by atoms with Crippen LogP contribution >= 0.6 is 0 Å². The summed E-state index contributed by atoms with van der Waals surface area (Å²) in [6.45, 7) is 6.68. The molecule has 13 nitrogen and oxygen atoms in total. The number of benzene rings is 2. The first-order chi connectivity index (χ1) is 20.5. The van der Waals surface area contributed by atoms with E-state index in [1.54, 1.807) is 52.0 Å². The van der Waals surface area contributed by atoms with Crippen LogP contribution in [0.1, 0.15) is 43.9 Å². The molecular formula is C29H34N2O11S3. The predicted molar refractivity (Wildman–Crippen MR) is 168 cm³/mol. The zero-order valence-corrected chi connectivity index (χ0v) is 27.5. The average Bonchev–Trinajstić information content (AvgIpc) is 3.08. The second kappa shape index (κ2) is 12.6. The maximum Gasteiger partial charge on any atom is 0.304 e. The van der Waals surface area contributed by atoms with E-state index < -0.39 is 64.3 Å². The average molecular weight is 683 g/mol. The van der Waals surface area contributed by atoms with Gasteiger partial charge in [-0.05, 0) is 73.0 Å². The third kappa shape index (κ3) is 7.95. The first kappa shape index (κ1) is 35.8. The number of aliphatic imine (C=N–C) groups is 1. The maximum absolute atomic E-state index is 11.9. The van der Waals surface area contributed by atoms with Gasteiger partial charge >= 0.3 is 5.97 Å². The summed E-state index contributed by atoms with van der Waals surface area (Å²) < 4.78 is 99.6. The van der Waals surface area contributed by atoms with Crippen molar-refractivity contribution in [2.24, 2.45) is 4.99 Å². The summed E-state index contributed by atoms with van der Waals surface area (Å²) in [6, 6.07) is 7.57. The lowest BCUT2D eigenvalue weighted by molar-refractivity contribution is -0.137. The lowest BCUT2D eigenvalue weighted by Crippen LogP contribution is -2.35. The summed E-state index contributed by atoms with van der Waals surface area (Å²) in [5.74, 6) is -2.00. The van der Waals surface area contributed by atoms with Crippen LogP contribution in [0, 0.1) is 6.92 Å². The van der Waals surface area contributed by atoms with Crippen molar-refractivity contribution in [1.29, 1.82) is 0 Å². The van der Waals surface area contributed by atoms with Gasteiger partial charge in [-0.1, -0.05) is 38.1 Å². The summed E-state index contributed by atoms with van der Waals surface area (Å²) >= 11 is 0. The number of aliphatic carboxylic acids is 1. The summed E-state index contributed by atoms with van der Waals surface area (Å²) in [4.78, 5) is 16.7. The Hall–Kier alpha value is -3.67. The lowest BCUT2D eigenvalue weighted by atomic mass is 9.73. The van der Waals surface area contributed by atoms with Gasteiger partial charge in [-0.25, -0.2) is 0 Å². The molecule has 2 aromatic carbocycles. The SMILES string of the molecule is CN=C(/C=C/C=C/C=C1\N(CS(=O)(=O)O)c2ccc(S(=O)(=O)O)cc2C1(C)C)C(C)(CC(=O)O)c1cc(S(=O)(=O)O)ccc1C. The minimum atomic E-state index is -4.57. The molecule has 16 heteroatoms. The normalized spacial score (nSPS) is 18.1. The van der Waals surface area contributed by atoms with Crippen molar-refractivity contribution in [3.05, 3.63) is 89.2 Å². The second-order valence-corrected chi connectivity index (χ2v) is 15.4. The molecule has 3 rings (SSSR count). The largest absolute Gasteiger partial charge is 0.481 e. The van der Waals surface area contributed by atoms with Crippen molar-refractivity contribution in [2.45, 2.75) is 54.7 Å². The van der Waals surface area contributed by atoms with E-state index in [9.17, 15) is 48.8 Å². The van der Waals surface area contributed by atoms with Gasteiger partial charge in [0, 0.05) is 35.0 Å². The number of nitrogens with zero attached hydrogens (tertiary/aromatic N) is 2. The van der Waals surface area contributed by atoms with E-state index >= 15 is 0 Å². The summed E-state index contributed by atoms with van der Waals surface area (Å²) in [5.41, 5.74) is -0.0358. The zero-order chi connectivity index (χ0) is 34.2. The van der Waals surface area contributed by atoms with Crippen LogP contribution in [0.15, 0.2) is 87.3 Å². The van der Waals surface area contributed by atoms with E-state index in [1.807, 2.05) is 0 Å². The molecule has 0 aromatic heterocycles. The fraction of sp³-hybridized carbons (Fsp3) is 0.310. The van der Waals surface area contributed by atoms with Crippen molar-refractivity contribution in [1.82, 2.24) is 0 Å². The molecule has 1 unspecified atom stereocenters. The fourth-order valence-electron chi connectivity index (χ4n) is 5.46. The van der Waals surface area contributed by atoms with Gasteiger partial charge in [0.1, 0.15) is 0 Å². The van der Waals surface area contributed by atoms with Crippen LogP contribution in [-0.4, -0.2) is 68.6 Å². The van der Waals surface area contributed by atoms with E-state index in [0.717, 1.165) is 6.07 Å². The number of aryl methyl sites for hydroxylation is 1. The smallest absolute Gasteiger partial charge is 0.304 e. The molecule has 0 fully saturated rings. The fourth-order valence-corrected chi connectivity index (χ4v) is 7.08. The minimum Gasteiger partial charge on any atom is -0.481 e. The molecule has 0 saturated heterocycles. The van der Waals surface area contributed by atoms with E-state index in [4.69, 9.17) is 0 Å². The molecule has 45 heavy (non-hydrogen) atoms. The Kier molecular flexibility index (Phi) is 10.0. The van der Waals surface area contributed by atoms with Gasteiger partial charge in [0.05, 0.1) is 16.2 Å². The number of carbonyl (C=O) groups is 1. The quantitative estimate of drug-likeness (QED) is 0.151. The van der Waals surface area contributed by atoms with Gasteiger partial charge in [-0.2, -0.15) is 25.3 Å². The summed E-state index contributed by atoms with van der Waals surface area (Å²) in [5, 5.41) is 9.72. The van der Waals surface area contributed by atoms with E-state index in [1.165, 1.54) is 48.4 Å². The molecular weight excluding hydrogens is 649 g/mol. The van der Waals surface area contributed by atoms with Gasteiger partial charge in [0.25, 0.3) is 30.4 Å². The molecule has 2 aromatic rings. The molecule has 0 aliphatic carbocycles. The maximum atomic E-state index is 11.9. The molecule has 0 spiro atoms. The van der Waals surface area contributed by atoms with Crippen molar-refractivity contribution in [2.75, 3.05) is 17.8 Å². The van der Waals surface area contributed by atoms with Crippen molar-refractivity contribution in [3.8, 4) is 0 Å². The van der Waals surface area contributed by atoms with Crippen LogP contribution in [0.3, 0.4) is 0 Å². The Labute approximate surface area is 262 Å². The molecule has 0 amide bonds. The van der Waals surface area contributed by atoms with E-state index in [-0.39, 0.29) is 10.6 Å². The highest BCUT2D eigenvalue weighted by atomic mass is 32.2. The number of carboxylic acid groups (broad SMARTS) is 1. The molecule has 0 saturated carbocycles. The van der Waals surface area contributed by atoms with Crippen LogP contribution in [0.5, 0.6) is 0 Å². The highest BCUT2D eigenvalue weighted by Gasteiger charge is 2.42. The van der Waals surface area contributed by atoms with Gasteiger partial charge in [0.2, 0.25) is 0 Å². The number of rotatable bonds is 11. The lowest BCUT2D eigenvalue weighted by Gasteiger charge is -2.31. The zero-order valence-electron chi connectivity index (χ0n) is 25.0. The molecule has 244 valence electrons. The predicted octanol–water partition coefficient (Wildman–Crippen LogP) is 3.93. The number of allylic oxidation sites excluding steroid dienone is 6. The molecule has 0 bridgehead atoms. The van der Waals surface area contributed by atoms with Gasteiger partial charge < -0.3 is 10.0 Å². The van der Waals surface area contributed by atoms with Crippen LogP contribution < -0.4 is 4.90 Å². The molecule has 1 atom stereocenters. The van der Waals surface area contributed by atoms with Crippen LogP contribution in [-0.2, 0) is 46.0 Å². The third-order valence-corrected chi connectivity index (χ3v) is 9.88. The molecule has 1 aliphatic rings. The van der Waals surface area contributed by atoms with Crippen molar-refractivity contribution < 1.29 is 48.8 Å². The van der Waals surface area contributed by atoms with Gasteiger partial charge in [0.15, 0.2) is 5.88 Å². The molecule has 1 aliphatic heterocycles. The van der Waals surface area contributed by atoms with Crippen molar-refractivity contribution >= 4 is 47.7 Å². The number of hydrogen-bond donors (Lipinski definition) is 4. The second-order valence-electron chi connectivity index (χ2n) is 11.2. The topological polar surface area (TPSA) is 216 Å². The van der Waals surface area contributed by atoms with Gasteiger partial charge in [-0.15, -0.1) is 0 Å². The molecule has 1 heterocycles. The monoisotopic (exact) mass is 682 g/mol. The molecule has 4 N–H and O–H groups in total. The number of fused-ring (bicyclic) bond motifs is 1. The Morgan fingerprint density at radius 2 is 1.51 bits per heavy atom. The highest BCUT2D eigenvalue weighted by molar-refractivity contribution is 7.86. The van der Waals surface area contributed by atoms with Crippen LogP contribution in [0.25, 0.3) is 0 Å². The molecule has 0 radical (unpaired) electrons. The Morgan fingerprint density at radius 3 is 2.04 bits per heavy atom. The minimum absolute atomic E-state index is 0.275. The van der Waals surface area contributed by atoms with Crippen molar-refractivity contribution in [3.63, 3.8) is 0 Å².